The maximum absolute atomic E-state index is 3.71. The zero-order chi connectivity index (χ0) is 86.1. The Morgan fingerprint density at radius 3 is 1.15 bits per heavy atom. The van der Waals surface area contributed by atoms with E-state index >= 15 is 0 Å². The van der Waals surface area contributed by atoms with Crippen molar-refractivity contribution in [2.45, 2.75) is 446 Å². The number of rotatable bonds is 1. The third kappa shape index (κ3) is 3.09. The van der Waals surface area contributed by atoms with Gasteiger partial charge in [-0.2, -0.15) is 0 Å². The van der Waals surface area contributed by atoms with E-state index in [-0.39, 0.29) is 251 Å². The molecule has 52 saturated carbocycles. The average molecular weight is 1970 g/mol. The van der Waals surface area contributed by atoms with Crippen LogP contribution in [0.25, 0.3) is 0 Å². The molecular weight excluding hydrogens is 1740 g/mol. The molecule has 23 bridgehead atoms. The minimum absolute atomic E-state index is 0. The van der Waals surface area contributed by atoms with Gasteiger partial charge in [-0.3, -0.25) is 0 Å². The van der Waals surface area contributed by atoms with Crippen LogP contribution in [0.15, 0.2) is 0 Å². The number of hydrogen-bond donors (Lipinski definition) is 0. The average Bonchev–Trinajstić information content (AvgIpc) is 1.08. The van der Waals surface area contributed by atoms with Crippen molar-refractivity contribution in [3.05, 3.63) is 65.0 Å². The van der Waals surface area contributed by atoms with Crippen molar-refractivity contribution in [3.8, 4) is 0 Å². The first-order valence-corrected chi connectivity index (χ1v) is 59.7. The van der Waals surface area contributed by atoms with Gasteiger partial charge in [0.25, 0.3) is 0 Å². The largest absolute Gasteiger partial charge is 0.0776 e. The molecule has 0 aromatic rings. The molecule has 0 aromatic carbocycles. The third-order valence-corrected chi connectivity index (χ3v) is 91.3. The van der Waals surface area contributed by atoms with Crippen LogP contribution in [0, 0.1) is 452 Å². The Kier molecular flexibility index (Phi) is 11.1. The highest BCUT2D eigenvalue weighted by Crippen LogP contribution is 3.69. The molecule has 0 aliphatic heterocycles. The van der Waals surface area contributed by atoms with E-state index in [4.69, 9.17) is 0 Å². The van der Waals surface area contributed by atoms with E-state index in [1.807, 2.05) is 13.8 Å². The molecule has 52 aliphatic carbocycles. The highest BCUT2D eigenvalue weighted by molar-refractivity contribution is 6.58. The van der Waals surface area contributed by atoms with E-state index < -0.39 is 0 Å². The summed E-state index contributed by atoms with van der Waals surface area (Å²) in [7, 11) is 0. The molecule has 0 amide bonds. The molecule has 0 heterocycles. The Balaban J connectivity index is 0.000000474. The van der Waals surface area contributed by atoms with Crippen LogP contribution in [0.1, 0.15) is 446 Å². The van der Waals surface area contributed by atoms with Gasteiger partial charge in [0, 0.05) is 0 Å². The lowest BCUT2D eigenvalue weighted by Crippen LogP contribution is -3.56. The van der Waals surface area contributed by atoms with Gasteiger partial charge in [0.05, 0.1) is 0 Å². The Morgan fingerprint density at radius 2 is 0.600 bits per heavy atom. The van der Waals surface area contributed by atoms with Crippen molar-refractivity contribution in [3.63, 3.8) is 0 Å². The van der Waals surface area contributed by atoms with Crippen molar-refractivity contribution < 1.29 is 0 Å². The Bertz CT molecular complexity index is 7250. The van der Waals surface area contributed by atoms with E-state index in [1.165, 1.54) is 53.3 Å². The molecule has 52 aliphatic rings. The van der Waals surface area contributed by atoms with E-state index in [0.717, 1.165) is 172 Å². The van der Waals surface area contributed by atoms with Crippen molar-refractivity contribution in [1.82, 2.24) is 0 Å². The van der Waals surface area contributed by atoms with Crippen molar-refractivity contribution in [2.24, 2.45) is 387 Å². The lowest BCUT2D eigenvalue weighted by atomic mass is 8.41. The number of hydrogen-bond acceptors (Lipinski definition) is 0. The SMILES string of the molecule is C.C.C.C.C.C.C.C.C.C.C.C.C.C.C.C.C.CC.CCC12C3(C)C4(C)C5(C)CC67C8(C)CC5(C)C5(C)C9(C)C%10(C)CC%11%12C%13(C)CC%10(C)C%10(C)C%14(C)CC%15(C)C%16C%17CC(C)C%18C(C)C(C)C%19C%20C(C)C(C)C%21C%22C%23C%24C%25C%26C%27C%28C%29C%30CC%31C%32C%33CC%34C%35C(CC%16%14)C%14%16C%36(C)C%37(C)C%38(C)C%39(C)C3(C)C13C%23(C%22(C)C%21(CC462)C7(C)C(C)(C)C%201CC85C9%11C%191C%12(C)C(C)(C)C%18(C%17(C)C)C%15%13%10)C%241C%252C%264C%275C%286C%297C%31%30C%328C%33%34C%35%14C87C%166C%365C%374C%382C%3913. The highest BCUT2D eigenvalue weighted by atomic mass is 15.7. The van der Waals surface area contributed by atoms with Crippen LogP contribution in [0.2, 0.25) is 0 Å². The van der Waals surface area contributed by atoms with Crippen molar-refractivity contribution in [1.29, 1.82) is 0 Å². The Morgan fingerprint density at radius 1 is 0.200 bits per heavy atom. The van der Waals surface area contributed by atoms with E-state index in [9.17, 15) is 0 Å². The summed E-state index contributed by atoms with van der Waals surface area (Å²) >= 11 is 0. The van der Waals surface area contributed by atoms with E-state index in [2.05, 4.69) is 228 Å². The van der Waals surface area contributed by atoms with Crippen LogP contribution >= 0.6 is 0 Å². The summed E-state index contributed by atoms with van der Waals surface area (Å²) in [6, 6.07) is 0. The molecule has 78 unspecified atom stereocenters. The fraction of sp³-hybridized carbons (Fsp3) is 1.00. The van der Waals surface area contributed by atoms with Gasteiger partial charge in [0.1, 0.15) is 0 Å². The fourth-order valence-corrected chi connectivity index (χ4v) is 104. The van der Waals surface area contributed by atoms with Crippen molar-refractivity contribution >= 4 is 0 Å². The summed E-state index contributed by atoms with van der Waals surface area (Å²) in [5.41, 5.74) is 23.8. The summed E-state index contributed by atoms with van der Waals surface area (Å²) in [5, 5.41) is 0. The predicted octanol–water partition coefficient (Wildman–Crippen LogP) is 37.7. The standard InChI is InChI=1S/C126H150.C2H6.17CH4/c1-34-99-91(28)89(26)80(17)42-100-82(19)40-79(80,16)88(25)90(27)81(18)43-101-83(20)41-78(81,15)87(24)76(13)39-77(14)62-51-35-46(2)58-47(3)50(6)61-59-48(4)49(5)60-66-68-70-72-71-69-67-65-56-38-54-63-53-37-55-64-57(36-52(62)76)106-96(33)95(32)94(31)93(30)92(91,29)120(99)108(68,113(70)115(72)117(71)116(69)114(67)112(65)105(54,56)110(63)104(53,55)111(64,106)125(110,112)126(106,114)124(96,116)123(95,117)122(94,115)121(93,113)120)84(66,21)98(60,45-103(89,99)100)85(100,22)74(9,10)97(59)44-102(82,88)119(90,101)109(61,97)86(101,23)75(11,12)107(58,73(51,7)8)118(77,83)87;1-2;;;;;;;;;;;;;;;;;/h46-72H,34-45H2,1-33H3;1-2H3;17*1H4. The molecule has 0 radical (unpaired) electrons. The van der Waals surface area contributed by atoms with Crippen LogP contribution < -0.4 is 0 Å². The molecule has 0 saturated heterocycles. The van der Waals surface area contributed by atoms with Crippen molar-refractivity contribution in [2.75, 3.05) is 0 Å². The maximum atomic E-state index is 3.71. The molecule has 0 aromatic heterocycles. The van der Waals surface area contributed by atoms with Gasteiger partial charge in [-0.25, -0.2) is 0 Å². The molecule has 804 valence electrons. The lowest BCUT2D eigenvalue weighted by Gasteiger charge is -3.61. The molecule has 52 rings (SSSR count). The van der Waals surface area contributed by atoms with Gasteiger partial charge in [0.2, 0.25) is 0 Å². The molecular formula is C145H224. The fourth-order valence-electron chi connectivity index (χ4n) is 104. The van der Waals surface area contributed by atoms with Gasteiger partial charge in [0.15, 0.2) is 0 Å². The molecule has 0 N–H and O–H groups in total. The highest BCUT2D eigenvalue weighted by Gasteiger charge is 3.64. The van der Waals surface area contributed by atoms with E-state index in [1.54, 1.807) is 77.0 Å². The maximum Gasteiger partial charge on any atom is -0.000782 e. The lowest BCUT2D eigenvalue weighted by molar-refractivity contribution is -0.911. The minimum atomic E-state index is 0. The van der Waals surface area contributed by atoms with Crippen LogP contribution in [-0.4, -0.2) is 0 Å². The summed E-state index contributed by atoms with van der Waals surface area (Å²) in [4.78, 5) is 0. The van der Waals surface area contributed by atoms with Gasteiger partial charge in [-0.1, -0.05) is 369 Å². The Labute approximate surface area is 891 Å². The normalized spacial score (nSPS) is 92.3. The first-order chi connectivity index (χ1) is 59.7. The van der Waals surface area contributed by atoms with E-state index in [0.29, 0.717) is 103 Å². The summed E-state index contributed by atoms with van der Waals surface area (Å²) in [5.74, 6) is 27.3. The molecule has 145 heavy (non-hydrogen) atoms. The van der Waals surface area contributed by atoms with Crippen LogP contribution in [0.3, 0.4) is 0 Å². The molecule has 52 fully saturated rings. The first-order valence-electron chi connectivity index (χ1n) is 59.7. The summed E-state index contributed by atoms with van der Waals surface area (Å²) in [6.07, 6.45) is 20.2. The first kappa shape index (κ1) is 94.9. The topological polar surface area (TPSA) is 0 Å². The molecule has 0 nitrogen and oxygen atoms in total. The molecule has 29 spiro atoms. The zero-order valence-electron chi connectivity index (χ0n) is 86.1. The smallest absolute Gasteiger partial charge is 0.000782 e. The second-order valence-corrected chi connectivity index (χ2v) is 74.2. The molecule has 0 heteroatoms. The zero-order valence-corrected chi connectivity index (χ0v) is 86.1. The second kappa shape index (κ2) is 16.9. The van der Waals surface area contributed by atoms with Gasteiger partial charge in [-0.05, 0) is 529 Å². The summed E-state index contributed by atoms with van der Waals surface area (Å²) in [6.45, 7) is 120. The van der Waals surface area contributed by atoms with Crippen LogP contribution in [0.5, 0.6) is 0 Å². The second-order valence-electron chi connectivity index (χ2n) is 74.2. The van der Waals surface area contributed by atoms with Gasteiger partial charge >= 0.3 is 0 Å². The van der Waals surface area contributed by atoms with Gasteiger partial charge in [-0.15, -0.1) is 0 Å². The van der Waals surface area contributed by atoms with Crippen LogP contribution in [0.4, 0.5) is 0 Å². The quantitative estimate of drug-likeness (QED) is 0.245. The van der Waals surface area contributed by atoms with Gasteiger partial charge < -0.3 is 0 Å². The Hall–Kier alpha value is 0. The summed E-state index contributed by atoms with van der Waals surface area (Å²) < 4.78 is 0. The predicted molar refractivity (Wildman–Crippen MR) is 604 cm³/mol. The number of fused-ring (bicyclic) bond motifs is 17. The minimum Gasteiger partial charge on any atom is -0.0776 e. The monoisotopic (exact) mass is 1970 g/mol. The molecule has 78 atom stereocenters. The third-order valence-electron chi connectivity index (χ3n) is 91.3. The van der Waals surface area contributed by atoms with Crippen LogP contribution in [-0.2, 0) is 0 Å².